The molecule has 0 amide bonds. The summed E-state index contributed by atoms with van der Waals surface area (Å²) in [7, 11) is 4.04. The van der Waals surface area contributed by atoms with E-state index in [9.17, 15) is 4.79 Å². The molecule has 1 aromatic heterocycles. The molecule has 6 nitrogen and oxygen atoms in total. The van der Waals surface area contributed by atoms with Crippen LogP contribution in [0.2, 0.25) is 0 Å². The molecule has 0 saturated carbocycles. The van der Waals surface area contributed by atoms with E-state index in [1.807, 2.05) is 45.3 Å². The summed E-state index contributed by atoms with van der Waals surface area (Å²) in [5, 5.41) is 6.44. The molecule has 0 spiro atoms. The minimum Gasteiger partial charge on any atom is -0.353 e. The standard InChI is InChI=1S/C17H23N5O/c1-12-10-16(21-17(19-12)18-8-9-22(3)4)20-15-7-5-6-14(11-15)13(2)23/h5-7,10-11H,8-9H2,1-4H3,(H2,18,19,20,21). The second-order valence-corrected chi connectivity index (χ2v) is 5.71. The lowest BCUT2D eigenvalue weighted by Crippen LogP contribution is -2.21. The van der Waals surface area contributed by atoms with Crippen molar-refractivity contribution in [1.29, 1.82) is 0 Å². The molecule has 122 valence electrons. The lowest BCUT2D eigenvalue weighted by Gasteiger charge is -2.12. The maximum absolute atomic E-state index is 11.5. The molecule has 0 aliphatic rings. The average molecular weight is 313 g/mol. The van der Waals surface area contributed by atoms with E-state index in [0.717, 1.165) is 24.5 Å². The van der Waals surface area contributed by atoms with E-state index in [4.69, 9.17) is 0 Å². The van der Waals surface area contributed by atoms with Gasteiger partial charge in [0.1, 0.15) is 5.82 Å². The topological polar surface area (TPSA) is 70.2 Å². The Bertz CT molecular complexity index is 684. The zero-order valence-corrected chi connectivity index (χ0v) is 14.1. The number of benzene rings is 1. The first-order valence-corrected chi connectivity index (χ1v) is 7.56. The lowest BCUT2D eigenvalue weighted by molar-refractivity contribution is 0.101. The largest absolute Gasteiger partial charge is 0.353 e. The fourth-order valence-electron chi connectivity index (χ4n) is 2.07. The first-order valence-electron chi connectivity index (χ1n) is 7.56. The molecule has 6 heteroatoms. The summed E-state index contributed by atoms with van der Waals surface area (Å²) >= 11 is 0. The normalized spacial score (nSPS) is 10.7. The minimum atomic E-state index is 0.0403. The Morgan fingerprint density at radius 1 is 1.22 bits per heavy atom. The number of carbonyl (C=O) groups is 1. The molecule has 1 aromatic carbocycles. The maximum Gasteiger partial charge on any atom is 0.224 e. The summed E-state index contributed by atoms with van der Waals surface area (Å²) in [6.45, 7) is 5.16. The summed E-state index contributed by atoms with van der Waals surface area (Å²) in [5.74, 6) is 1.33. The minimum absolute atomic E-state index is 0.0403. The molecule has 1 heterocycles. The van der Waals surface area contributed by atoms with Crippen molar-refractivity contribution in [3.8, 4) is 0 Å². The number of hydrogen-bond acceptors (Lipinski definition) is 6. The molecule has 2 N–H and O–H groups in total. The summed E-state index contributed by atoms with van der Waals surface area (Å²) in [6.07, 6.45) is 0. The highest BCUT2D eigenvalue weighted by atomic mass is 16.1. The van der Waals surface area contributed by atoms with Gasteiger partial charge in [-0.2, -0.15) is 4.98 Å². The van der Waals surface area contributed by atoms with E-state index < -0.39 is 0 Å². The third-order valence-electron chi connectivity index (χ3n) is 3.24. The van der Waals surface area contributed by atoms with Gasteiger partial charge in [0.25, 0.3) is 0 Å². The van der Waals surface area contributed by atoms with Crippen LogP contribution in [0, 0.1) is 6.92 Å². The van der Waals surface area contributed by atoms with Crippen LogP contribution >= 0.6 is 0 Å². The van der Waals surface area contributed by atoms with Gasteiger partial charge in [-0.1, -0.05) is 12.1 Å². The maximum atomic E-state index is 11.5. The molecule has 0 fully saturated rings. The van der Waals surface area contributed by atoms with Gasteiger partial charge >= 0.3 is 0 Å². The summed E-state index contributed by atoms with van der Waals surface area (Å²) in [5.41, 5.74) is 2.37. The predicted octanol–water partition coefficient (Wildman–Crippen LogP) is 2.70. The van der Waals surface area contributed by atoms with Crippen molar-refractivity contribution in [3.63, 3.8) is 0 Å². The lowest BCUT2D eigenvalue weighted by atomic mass is 10.1. The van der Waals surface area contributed by atoms with Gasteiger partial charge in [-0.25, -0.2) is 4.98 Å². The summed E-state index contributed by atoms with van der Waals surface area (Å²) in [4.78, 5) is 22.4. The fourth-order valence-corrected chi connectivity index (χ4v) is 2.07. The van der Waals surface area contributed by atoms with Crippen LogP contribution in [-0.2, 0) is 0 Å². The number of likely N-dealkylation sites (N-methyl/N-ethyl adjacent to an activating group) is 1. The Balaban J connectivity index is 2.12. The monoisotopic (exact) mass is 313 g/mol. The van der Waals surface area contributed by atoms with Gasteiger partial charge in [0, 0.05) is 36.1 Å². The van der Waals surface area contributed by atoms with Crippen LogP contribution in [0.4, 0.5) is 17.5 Å². The van der Waals surface area contributed by atoms with Crippen molar-refractivity contribution in [2.75, 3.05) is 37.8 Å². The van der Waals surface area contributed by atoms with Gasteiger partial charge in [-0.3, -0.25) is 4.79 Å². The van der Waals surface area contributed by atoms with E-state index in [-0.39, 0.29) is 5.78 Å². The second kappa shape index (κ2) is 7.69. The number of anilines is 3. The van der Waals surface area contributed by atoms with Crippen molar-refractivity contribution in [2.45, 2.75) is 13.8 Å². The smallest absolute Gasteiger partial charge is 0.224 e. The Hall–Kier alpha value is -2.47. The number of Topliss-reactive ketones (excluding diaryl/α,β-unsaturated/α-hetero) is 1. The van der Waals surface area contributed by atoms with Crippen LogP contribution in [-0.4, -0.2) is 47.8 Å². The number of nitrogens with one attached hydrogen (secondary N) is 2. The summed E-state index contributed by atoms with van der Waals surface area (Å²) < 4.78 is 0. The van der Waals surface area contributed by atoms with Crippen LogP contribution in [0.1, 0.15) is 23.0 Å². The fraction of sp³-hybridized carbons (Fsp3) is 0.353. The number of aromatic nitrogens is 2. The van der Waals surface area contributed by atoms with Gasteiger partial charge in [0.15, 0.2) is 5.78 Å². The molecule has 2 rings (SSSR count). The highest BCUT2D eigenvalue weighted by molar-refractivity contribution is 5.95. The Morgan fingerprint density at radius 2 is 2.00 bits per heavy atom. The van der Waals surface area contributed by atoms with Crippen LogP contribution < -0.4 is 10.6 Å². The molecular weight excluding hydrogens is 290 g/mol. The third kappa shape index (κ3) is 5.34. The average Bonchev–Trinajstić information content (AvgIpc) is 2.46. The number of carbonyl (C=O) groups excluding carboxylic acids is 1. The molecule has 0 aliphatic carbocycles. The molecule has 0 radical (unpaired) electrons. The number of nitrogens with zero attached hydrogens (tertiary/aromatic N) is 3. The van der Waals surface area contributed by atoms with Crippen molar-refractivity contribution in [3.05, 3.63) is 41.6 Å². The third-order valence-corrected chi connectivity index (χ3v) is 3.24. The second-order valence-electron chi connectivity index (χ2n) is 5.71. The van der Waals surface area contributed by atoms with Gasteiger partial charge in [0.05, 0.1) is 0 Å². The number of hydrogen-bond donors (Lipinski definition) is 2. The van der Waals surface area contributed by atoms with Crippen molar-refractivity contribution in [1.82, 2.24) is 14.9 Å². The van der Waals surface area contributed by atoms with Crippen molar-refractivity contribution in [2.24, 2.45) is 0 Å². The Kier molecular flexibility index (Phi) is 5.65. The van der Waals surface area contributed by atoms with Crippen LogP contribution in [0.3, 0.4) is 0 Å². The highest BCUT2D eigenvalue weighted by Crippen LogP contribution is 2.18. The van der Waals surface area contributed by atoms with Crippen LogP contribution in [0.5, 0.6) is 0 Å². The molecule has 0 aliphatic heterocycles. The number of ketones is 1. The van der Waals surface area contributed by atoms with Gasteiger partial charge < -0.3 is 15.5 Å². The zero-order chi connectivity index (χ0) is 16.8. The van der Waals surface area contributed by atoms with Gasteiger partial charge in [-0.05, 0) is 40.1 Å². The molecule has 0 bridgehead atoms. The molecule has 23 heavy (non-hydrogen) atoms. The zero-order valence-electron chi connectivity index (χ0n) is 14.1. The quantitative estimate of drug-likeness (QED) is 0.766. The molecule has 0 atom stereocenters. The van der Waals surface area contributed by atoms with Crippen molar-refractivity contribution >= 4 is 23.2 Å². The Labute approximate surface area is 137 Å². The van der Waals surface area contributed by atoms with Crippen molar-refractivity contribution < 1.29 is 4.79 Å². The molecular formula is C17H23N5O. The first-order chi connectivity index (χ1) is 10.9. The van der Waals surface area contributed by atoms with Gasteiger partial charge in [0.2, 0.25) is 5.95 Å². The number of aryl methyl sites for hydroxylation is 1. The van der Waals surface area contributed by atoms with Gasteiger partial charge in [-0.15, -0.1) is 0 Å². The molecule has 0 unspecified atom stereocenters. The van der Waals surface area contributed by atoms with Crippen LogP contribution in [0.25, 0.3) is 0 Å². The Morgan fingerprint density at radius 3 is 2.70 bits per heavy atom. The van der Waals surface area contributed by atoms with E-state index >= 15 is 0 Å². The van der Waals surface area contributed by atoms with Crippen LogP contribution in [0.15, 0.2) is 30.3 Å². The first kappa shape index (κ1) is 16.9. The highest BCUT2D eigenvalue weighted by Gasteiger charge is 2.05. The van der Waals surface area contributed by atoms with E-state index in [0.29, 0.717) is 17.3 Å². The molecule has 2 aromatic rings. The van der Waals surface area contributed by atoms with E-state index in [2.05, 4.69) is 25.5 Å². The van der Waals surface area contributed by atoms with E-state index in [1.54, 1.807) is 13.0 Å². The predicted molar refractivity (Wildman–Crippen MR) is 93.5 cm³/mol. The SMILES string of the molecule is CC(=O)c1cccc(Nc2cc(C)nc(NCCN(C)C)n2)c1. The molecule has 0 saturated heterocycles. The van der Waals surface area contributed by atoms with E-state index in [1.165, 1.54) is 0 Å². The summed E-state index contributed by atoms with van der Waals surface area (Å²) in [6, 6.07) is 9.25. The number of rotatable bonds is 7.